The topological polar surface area (TPSA) is 54.7 Å². The van der Waals surface area contributed by atoms with Crippen LogP contribution >= 0.6 is 0 Å². The monoisotopic (exact) mass is 299 g/mol. The summed E-state index contributed by atoms with van der Waals surface area (Å²) >= 11 is 0. The van der Waals surface area contributed by atoms with E-state index in [1.807, 2.05) is 13.8 Å². The SMILES string of the molecule is CC.Nc1nc2c(C(F)(F)F)cc(C(F)(F)F)cc2[nH]1. The van der Waals surface area contributed by atoms with Crippen LogP contribution in [0.4, 0.5) is 32.3 Å². The summed E-state index contributed by atoms with van der Waals surface area (Å²) in [6.07, 6.45) is -9.82. The number of aromatic amines is 1. The van der Waals surface area contributed by atoms with Gasteiger partial charge in [-0.1, -0.05) is 13.8 Å². The minimum absolute atomic E-state index is 0.0165. The third-order valence-corrected chi connectivity index (χ3v) is 2.24. The lowest BCUT2D eigenvalue weighted by molar-refractivity contribution is -0.142. The largest absolute Gasteiger partial charge is 0.418 e. The van der Waals surface area contributed by atoms with Gasteiger partial charge in [0.2, 0.25) is 0 Å². The molecule has 0 saturated heterocycles. The van der Waals surface area contributed by atoms with Gasteiger partial charge in [-0.3, -0.25) is 0 Å². The Bertz CT molecular complexity index is 596. The molecule has 9 heteroatoms. The van der Waals surface area contributed by atoms with Crippen LogP contribution < -0.4 is 5.73 Å². The lowest BCUT2D eigenvalue weighted by atomic mass is 10.1. The number of anilines is 1. The Labute approximate surface area is 109 Å². The number of hydrogen-bond acceptors (Lipinski definition) is 2. The molecule has 2 aromatic rings. The molecule has 0 amide bonds. The molecule has 0 aliphatic rings. The van der Waals surface area contributed by atoms with Gasteiger partial charge in [-0.2, -0.15) is 26.3 Å². The van der Waals surface area contributed by atoms with E-state index in [9.17, 15) is 26.3 Å². The van der Waals surface area contributed by atoms with E-state index < -0.39 is 34.5 Å². The first-order valence-electron chi connectivity index (χ1n) is 5.52. The molecule has 1 heterocycles. The molecule has 20 heavy (non-hydrogen) atoms. The van der Waals surface area contributed by atoms with Gasteiger partial charge in [-0.15, -0.1) is 0 Å². The molecule has 3 nitrogen and oxygen atoms in total. The second-order valence-corrected chi connectivity index (χ2v) is 3.54. The Hall–Kier alpha value is -1.93. The van der Waals surface area contributed by atoms with E-state index in [4.69, 9.17) is 5.73 Å². The van der Waals surface area contributed by atoms with E-state index >= 15 is 0 Å². The molecule has 0 unspecified atom stereocenters. The highest BCUT2D eigenvalue weighted by molar-refractivity contribution is 5.82. The number of benzene rings is 1. The van der Waals surface area contributed by atoms with E-state index in [0.29, 0.717) is 6.07 Å². The number of nitrogens with one attached hydrogen (secondary N) is 1. The normalized spacial score (nSPS) is 12.2. The maximum absolute atomic E-state index is 12.6. The number of fused-ring (bicyclic) bond motifs is 1. The third-order valence-electron chi connectivity index (χ3n) is 2.24. The van der Waals surface area contributed by atoms with Crippen molar-refractivity contribution in [1.82, 2.24) is 9.97 Å². The molecular formula is C11H11F6N3. The van der Waals surface area contributed by atoms with E-state index in [1.54, 1.807) is 0 Å². The van der Waals surface area contributed by atoms with Crippen molar-refractivity contribution in [2.24, 2.45) is 0 Å². The second kappa shape index (κ2) is 5.22. The minimum Gasteiger partial charge on any atom is -0.369 e. The molecule has 1 aromatic carbocycles. The minimum atomic E-state index is -4.94. The van der Waals surface area contributed by atoms with Crippen molar-refractivity contribution in [3.8, 4) is 0 Å². The van der Waals surface area contributed by atoms with Crippen molar-refractivity contribution in [1.29, 1.82) is 0 Å². The Balaban J connectivity index is 0.000000956. The van der Waals surface area contributed by atoms with Crippen LogP contribution in [0.25, 0.3) is 11.0 Å². The van der Waals surface area contributed by atoms with E-state index in [-0.39, 0.29) is 12.0 Å². The molecule has 0 radical (unpaired) electrons. The fraction of sp³-hybridized carbons (Fsp3) is 0.364. The van der Waals surface area contributed by atoms with Crippen molar-refractivity contribution in [3.63, 3.8) is 0 Å². The number of halogens is 6. The number of aromatic nitrogens is 2. The fourth-order valence-corrected chi connectivity index (χ4v) is 1.52. The summed E-state index contributed by atoms with van der Waals surface area (Å²) in [5.74, 6) is -0.380. The van der Waals surface area contributed by atoms with Crippen LogP contribution in [-0.2, 0) is 12.4 Å². The lowest BCUT2D eigenvalue weighted by Crippen LogP contribution is -2.11. The lowest BCUT2D eigenvalue weighted by Gasteiger charge is -2.11. The highest BCUT2D eigenvalue weighted by Gasteiger charge is 2.39. The van der Waals surface area contributed by atoms with E-state index in [0.717, 1.165) is 0 Å². The predicted octanol–water partition coefficient (Wildman–Crippen LogP) is 4.21. The summed E-state index contributed by atoms with van der Waals surface area (Å²) in [7, 11) is 0. The van der Waals surface area contributed by atoms with Crippen LogP contribution in [0.5, 0.6) is 0 Å². The molecule has 0 spiro atoms. The number of nitrogen functional groups attached to an aromatic ring is 1. The van der Waals surface area contributed by atoms with Crippen LogP contribution in [0.15, 0.2) is 12.1 Å². The van der Waals surface area contributed by atoms with Crippen molar-refractivity contribution in [2.75, 3.05) is 5.73 Å². The number of imidazole rings is 1. The van der Waals surface area contributed by atoms with Crippen molar-refractivity contribution >= 4 is 17.0 Å². The second-order valence-electron chi connectivity index (χ2n) is 3.54. The van der Waals surface area contributed by atoms with E-state index in [1.165, 1.54) is 0 Å². The number of nitrogens with two attached hydrogens (primary N) is 1. The molecule has 0 fully saturated rings. The van der Waals surface area contributed by atoms with Crippen LogP contribution in [0.2, 0.25) is 0 Å². The number of hydrogen-bond donors (Lipinski definition) is 2. The van der Waals surface area contributed by atoms with Gasteiger partial charge in [0.1, 0.15) is 5.52 Å². The quantitative estimate of drug-likeness (QED) is 0.716. The van der Waals surface area contributed by atoms with Crippen LogP contribution in [0.3, 0.4) is 0 Å². The zero-order valence-electron chi connectivity index (χ0n) is 10.4. The number of rotatable bonds is 0. The van der Waals surface area contributed by atoms with Crippen LogP contribution in [0.1, 0.15) is 25.0 Å². The van der Waals surface area contributed by atoms with Crippen LogP contribution in [-0.4, -0.2) is 9.97 Å². The molecular weight excluding hydrogens is 288 g/mol. The van der Waals surface area contributed by atoms with Gasteiger partial charge in [0.25, 0.3) is 0 Å². The van der Waals surface area contributed by atoms with Gasteiger partial charge in [-0.05, 0) is 12.1 Å². The molecule has 2 rings (SSSR count). The van der Waals surface area contributed by atoms with Gasteiger partial charge in [0, 0.05) is 0 Å². The maximum atomic E-state index is 12.6. The maximum Gasteiger partial charge on any atom is 0.418 e. The Kier molecular flexibility index (Phi) is 4.21. The summed E-state index contributed by atoms with van der Waals surface area (Å²) in [5, 5.41) is 0. The number of alkyl halides is 6. The molecule has 112 valence electrons. The Morgan fingerprint density at radius 3 is 2.00 bits per heavy atom. The van der Waals surface area contributed by atoms with Gasteiger partial charge in [0.15, 0.2) is 5.95 Å². The standard InChI is InChI=1S/C9H5F6N3.C2H6/c10-8(11,12)3-1-4(9(13,14)15)6-5(2-3)17-7(16)18-6;1-2/h1-2H,(H3,16,17,18);1-2H3. The first kappa shape index (κ1) is 16.1. The van der Waals surface area contributed by atoms with Gasteiger partial charge >= 0.3 is 12.4 Å². The summed E-state index contributed by atoms with van der Waals surface area (Å²) in [6, 6.07) is 0.552. The summed E-state index contributed by atoms with van der Waals surface area (Å²) in [6.45, 7) is 4.00. The highest BCUT2D eigenvalue weighted by atomic mass is 19.4. The molecule has 0 aliphatic heterocycles. The molecule has 0 aliphatic carbocycles. The summed E-state index contributed by atoms with van der Waals surface area (Å²) in [4.78, 5) is 5.49. The summed E-state index contributed by atoms with van der Waals surface area (Å²) in [5.41, 5.74) is 1.22. The zero-order chi connectivity index (χ0) is 15.7. The van der Waals surface area contributed by atoms with Crippen molar-refractivity contribution in [3.05, 3.63) is 23.3 Å². The molecule has 1 aromatic heterocycles. The van der Waals surface area contributed by atoms with Gasteiger partial charge in [0.05, 0.1) is 16.6 Å². The number of H-pyrrole nitrogens is 1. The molecule has 0 atom stereocenters. The molecule has 3 N–H and O–H groups in total. The van der Waals surface area contributed by atoms with Crippen molar-refractivity contribution in [2.45, 2.75) is 26.2 Å². The summed E-state index contributed by atoms with van der Waals surface area (Å²) < 4.78 is 75.3. The highest BCUT2D eigenvalue weighted by Crippen LogP contribution is 2.39. The third kappa shape index (κ3) is 3.14. The average molecular weight is 299 g/mol. The number of nitrogens with zero attached hydrogens (tertiary/aromatic N) is 1. The average Bonchev–Trinajstić information content (AvgIpc) is 2.67. The van der Waals surface area contributed by atoms with E-state index in [2.05, 4.69) is 9.97 Å². The molecule has 0 bridgehead atoms. The Morgan fingerprint density at radius 1 is 1.00 bits per heavy atom. The fourth-order valence-electron chi connectivity index (χ4n) is 1.52. The van der Waals surface area contributed by atoms with Gasteiger partial charge in [-0.25, -0.2) is 4.98 Å². The van der Waals surface area contributed by atoms with Crippen molar-refractivity contribution < 1.29 is 26.3 Å². The predicted molar refractivity (Wildman–Crippen MR) is 61.9 cm³/mol. The first-order valence-corrected chi connectivity index (χ1v) is 5.52. The molecule has 0 saturated carbocycles. The smallest absolute Gasteiger partial charge is 0.369 e. The zero-order valence-corrected chi connectivity index (χ0v) is 10.4. The first-order chi connectivity index (χ1) is 9.09. The van der Waals surface area contributed by atoms with Crippen LogP contribution in [0, 0.1) is 0 Å². The van der Waals surface area contributed by atoms with Gasteiger partial charge < -0.3 is 10.7 Å². The Morgan fingerprint density at radius 2 is 1.55 bits per heavy atom.